The topological polar surface area (TPSA) is 170 Å². The summed E-state index contributed by atoms with van der Waals surface area (Å²) in [5.41, 5.74) is 8.02. The summed E-state index contributed by atoms with van der Waals surface area (Å²) in [4.78, 5) is 33.6. The summed E-state index contributed by atoms with van der Waals surface area (Å²) in [5.74, 6) is -2.18. The first-order valence-electron chi connectivity index (χ1n) is 10.7. The van der Waals surface area contributed by atoms with Crippen molar-refractivity contribution in [2.45, 2.75) is 6.18 Å². The molecule has 0 atom stereocenters. The number of methoxy groups -OCH3 is 1. The van der Waals surface area contributed by atoms with Gasteiger partial charge in [-0.15, -0.1) is 0 Å². The second-order valence-corrected chi connectivity index (χ2v) is 8.24. The number of aliphatic carboxylic acids is 1. The number of pyridine rings is 1. The molecule has 0 radical (unpaired) electrons. The molecule has 5 N–H and O–H groups in total. The first kappa shape index (κ1) is 29.2. The molecule has 4 aromatic rings. The molecule has 0 unspecified atom stereocenters. The predicted octanol–water partition coefficient (Wildman–Crippen LogP) is 4.02. The lowest BCUT2D eigenvalue weighted by molar-refractivity contribution is -0.192. The third-order valence-corrected chi connectivity index (χ3v) is 5.31. The van der Waals surface area contributed by atoms with Gasteiger partial charge < -0.3 is 26.2 Å². The van der Waals surface area contributed by atoms with E-state index in [1.54, 1.807) is 40.9 Å². The number of nitrogens with one attached hydrogen (secondary N) is 2. The monoisotopic (exact) mass is 586 g/mol. The molecule has 3 aromatic heterocycles. The fourth-order valence-electron chi connectivity index (χ4n) is 3.00. The highest BCUT2D eigenvalue weighted by molar-refractivity contribution is 6.36. The van der Waals surface area contributed by atoms with E-state index in [0.717, 1.165) is 5.56 Å². The third kappa shape index (κ3) is 7.58. The summed E-state index contributed by atoms with van der Waals surface area (Å²) in [6, 6.07) is 10.2. The van der Waals surface area contributed by atoms with E-state index < -0.39 is 18.1 Å². The van der Waals surface area contributed by atoms with E-state index >= 15 is 0 Å². The summed E-state index contributed by atoms with van der Waals surface area (Å²) in [7, 11) is 1.29. The van der Waals surface area contributed by atoms with Crippen LogP contribution in [0.1, 0.15) is 10.4 Å². The van der Waals surface area contributed by atoms with Crippen molar-refractivity contribution in [3.63, 3.8) is 0 Å². The van der Waals surface area contributed by atoms with Crippen LogP contribution in [0.4, 0.5) is 30.8 Å². The minimum atomic E-state index is -5.08. The minimum absolute atomic E-state index is 0.0911. The standard InChI is InChI=1S/C20H18Cl2N8O2.C2HF3O2/c1-32-19(31)13-4-5-16(29-18(13)23)24-6-7-25-20-28-15(9-17-26-10-27-30(17)20)12-3-2-11(21)8-14(12)22;3-2(4,5)1(6)7/h2-5,8-10H,6-7H2,1H3,(H,25,28)(H3,23,24,29);(H,6,7). The fourth-order valence-corrected chi connectivity index (χ4v) is 3.50. The zero-order chi connectivity index (χ0) is 28.7. The predicted molar refractivity (Wildman–Crippen MR) is 137 cm³/mol. The maximum atomic E-state index is 11.6. The lowest BCUT2D eigenvalue weighted by Gasteiger charge is -2.12. The minimum Gasteiger partial charge on any atom is -0.475 e. The van der Waals surface area contributed by atoms with Crippen molar-refractivity contribution < 1.29 is 32.6 Å². The van der Waals surface area contributed by atoms with Crippen LogP contribution in [0.15, 0.2) is 42.7 Å². The molecular formula is C22H19Cl2F3N8O4. The van der Waals surface area contributed by atoms with Gasteiger partial charge in [0.1, 0.15) is 23.5 Å². The van der Waals surface area contributed by atoms with Crippen molar-refractivity contribution in [2.75, 3.05) is 36.6 Å². The molecule has 0 aliphatic carbocycles. The second-order valence-electron chi connectivity index (χ2n) is 7.40. The average Bonchev–Trinajstić information content (AvgIpc) is 3.35. The van der Waals surface area contributed by atoms with Crippen LogP contribution in [0.2, 0.25) is 10.0 Å². The number of carboxylic acid groups (broad SMARTS) is 1. The lowest BCUT2D eigenvalue weighted by atomic mass is 10.1. The van der Waals surface area contributed by atoms with Crippen molar-refractivity contribution >= 4 is 58.4 Å². The summed E-state index contributed by atoms with van der Waals surface area (Å²) in [5, 5.41) is 18.7. The van der Waals surface area contributed by atoms with Crippen LogP contribution in [0.3, 0.4) is 0 Å². The van der Waals surface area contributed by atoms with Gasteiger partial charge >= 0.3 is 18.1 Å². The van der Waals surface area contributed by atoms with E-state index in [-0.39, 0.29) is 11.4 Å². The number of ether oxygens (including phenoxy) is 1. The van der Waals surface area contributed by atoms with E-state index in [1.165, 1.54) is 13.4 Å². The first-order valence-corrected chi connectivity index (χ1v) is 11.4. The Kier molecular flexibility index (Phi) is 9.32. The van der Waals surface area contributed by atoms with Gasteiger partial charge in [0.05, 0.1) is 17.8 Å². The number of alkyl halides is 3. The number of nitrogen functional groups attached to an aromatic ring is 1. The Hall–Kier alpha value is -4.37. The van der Waals surface area contributed by atoms with Crippen LogP contribution in [0.25, 0.3) is 16.9 Å². The van der Waals surface area contributed by atoms with Crippen molar-refractivity contribution in [3.05, 3.63) is 58.3 Å². The van der Waals surface area contributed by atoms with Crippen LogP contribution < -0.4 is 16.4 Å². The van der Waals surface area contributed by atoms with Gasteiger partial charge in [0.2, 0.25) is 5.95 Å². The zero-order valence-electron chi connectivity index (χ0n) is 19.8. The molecule has 1 aromatic carbocycles. The van der Waals surface area contributed by atoms with Gasteiger partial charge in [-0.25, -0.2) is 24.5 Å². The van der Waals surface area contributed by atoms with E-state index in [4.69, 9.17) is 38.8 Å². The number of carbonyl (C=O) groups excluding carboxylic acids is 1. The molecule has 4 rings (SSSR count). The number of hydrogen-bond donors (Lipinski definition) is 4. The largest absolute Gasteiger partial charge is 0.490 e. The van der Waals surface area contributed by atoms with Crippen LogP contribution in [-0.4, -0.2) is 68.0 Å². The van der Waals surface area contributed by atoms with Gasteiger partial charge in [-0.3, -0.25) is 0 Å². The molecule has 0 aliphatic heterocycles. The van der Waals surface area contributed by atoms with E-state index in [2.05, 4.69) is 35.4 Å². The molecule has 3 heterocycles. The molecule has 39 heavy (non-hydrogen) atoms. The highest BCUT2D eigenvalue weighted by Gasteiger charge is 2.38. The Morgan fingerprint density at radius 2 is 1.79 bits per heavy atom. The highest BCUT2D eigenvalue weighted by atomic mass is 35.5. The van der Waals surface area contributed by atoms with Gasteiger partial charge in [-0.2, -0.15) is 22.8 Å². The number of anilines is 3. The normalized spacial score (nSPS) is 10.9. The SMILES string of the molecule is COC(=O)c1ccc(NCCNc2nc(-c3ccc(Cl)cc3Cl)cc3ncnn23)nc1N.O=C(O)C(F)(F)F. The number of nitrogens with two attached hydrogens (primary N) is 1. The quantitative estimate of drug-likeness (QED) is 0.182. The number of carbonyl (C=O) groups is 2. The Morgan fingerprint density at radius 1 is 1.10 bits per heavy atom. The van der Waals surface area contributed by atoms with Crippen molar-refractivity contribution in [1.82, 2.24) is 24.6 Å². The summed E-state index contributed by atoms with van der Waals surface area (Å²) in [6.45, 7) is 0.980. The Morgan fingerprint density at radius 3 is 2.41 bits per heavy atom. The van der Waals surface area contributed by atoms with Crippen LogP contribution in [0.5, 0.6) is 0 Å². The molecule has 17 heteroatoms. The van der Waals surface area contributed by atoms with Gasteiger partial charge in [0, 0.05) is 29.7 Å². The molecular weight excluding hydrogens is 568 g/mol. The number of carboxylic acids is 1. The number of fused-ring (bicyclic) bond motifs is 1. The molecule has 206 valence electrons. The summed E-state index contributed by atoms with van der Waals surface area (Å²) < 4.78 is 38.0. The molecule has 0 aliphatic rings. The molecule has 0 saturated carbocycles. The first-order chi connectivity index (χ1) is 18.4. The number of halogens is 5. The number of aromatic nitrogens is 5. The Labute approximate surface area is 227 Å². The van der Waals surface area contributed by atoms with E-state index in [1.807, 2.05) is 0 Å². The smallest absolute Gasteiger partial charge is 0.475 e. The highest BCUT2D eigenvalue weighted by Crippen LogP contribution is 2.30. The van der Waals surface area contributed by atoms with Crippen LogP contribution in [0, 0.1) is 0 Å². The van der Waals surface area contributed by atoms with Crippen molar-refractivity contribution in [1.29, 1.82) is 0 Å². The van der Waals surface area contributed by atoms with Gasteiger partial charge in [-0.1, -0.05) is 23.2 Å². The lowest BCUT2D eigenvalue weighted by Crippen LogP contribution is -2.21. The maximum Gasteiger partial charge on any atom is 0.490 e. The summed E-state index contributed by atoms with van der Waals surface area (Å²) in [6.07, 6.45) is -3.64. The average molecular weight is 587 g/mol. The van der Waals surface area contributed by atoms with Crippen molar-refractivity contribution in [2.24, 2.45) is 0 Å². The fraction of sp³-hybridized carbons (Fsp3) is 0.182. The maximum absolute atomic E-state index is 11.6. The van der Waals surface area contributed by atoms with Crippen LogP contribution >= 0.6 is 23.2 Å². The number of rotatable bonds is 7. The molecule has 0 bridgehead atoms. The second kappa shape index (κ2) is 12.4. The zero-order valence-corrected chi connectivity index (χ0v) is 21.3. The van der Waals surface area contributed by atoms with Gasteiger partial charge in [-0.05, 0) is 30.3 Å². The molecule has 0 amide bonds. The number of benzene rings is 1. The number of esters is 1. The third-order valence-electron chi connectivity index (χ3n) is 4.76. The molecule has 0 saturated heterocycles. The molecule has 0 spiro atoms. The Balaban J connectivity index is 0.000000532. The van der Waals surface area contributed by atoms with Gasteiger partial charge in [0.25, 0.3) is 0 Å². The Bertz CT molecular complexity index is 1500. The molecule has 0 fully saturated rings. The van der Waals surface area contributed by atoms with E-state index in [0.29, 0.717) is 46.2 Å². The van der Waals surface area contributed by atoms with Crippen LogP contribution in [-0.2, 0) is 9.53 Å². The molecule has 12 nitrogen and oxygen atoms in total. The van der Waals surface area contributed by atoms with Gasteiger partial charge in [0.15, 0.2) is 5.65 Å². The van der Waals surface area contributed by atoms with Crippen molar-refractivity contribution in [3.8, 4) is 11.3 Å². The summed E-state index contributed by atoms with van der Waals surface area (Å²) >= 11 is 12.3. The number of hydrogen-bond acceptors (Lipinski definition) is 10. The number of nitrogens with zero attached hydrogens (tertiary/aromatic N) is 5. The van der Waals surface area contributed by atoms with E-state index in [9.17, 15) is 18.0 Å².